The second-order valence-electron chi connectivity index (χ2n) is 5.44. The van der Waals surface area contributed by atoms with Crippen LogP contribution in [0, 0.1) is 0 Å². The number of nitrogens with one attached hydrogen (secondary N) is 2. The fourth-order valence-corrected chi connectivity index (χ4v) is 2.42. The summed E-state index contributed by atoms with van der Waals surface area (Å²) in [5.74, 6) is 1.11. The van der Waals surface area contributed by atoms with Crippen molar-refractivity contribution >= 4 is 17.5 Å². The summed E-state index contributed by atoms with van der Waals surface area (Å²) in [6, 6.07) is 17.3. The number of amides is 1. The number of benzene rings is 2. The number of halogens is 1. The van der Waals surface area contributed by atoms with Crippen LogP contribution in [-0.2, 0) is 24.2 Å². The molecule has 2 aromatic carbocycles. The fourth-order valence-electron chi connectivity index (χ4n) is 2.29. The number of H-pyrrole nitrogens is 1. The van der Waals surface area contributed by atoms with Gasteiger partial charge in [0.05, 0.1) is 6.42 Å². The molecule has 5 nitrogen and oxygen atoms in total. The Morgan fingerprint density at radius 1 is 1.04 bits per heavy atom. The molecule has 3 aromatic rings. The van der Waals surface area contributed by atoms with E-state index in [2.05, 4.69) is 20.5 Å². The van der Waals surface area contributed by atoms with E-state index in [9.17, 15) is 4.79 Å². The largest absolute Gasteiger partial charge is 0.352 e. The molecule has 0 aliphatic rings. The molecule has 1 heterocycles. The van der Waals surface area contributed by atoms with Gasteiger partial charge in [-0.3, -0.25) is 9.89 Å². The van der Waals surface area contributed by atoms with E-state index in [1.807, 2.05) is 54.6 Å². The molecule has 0 aliphatic heterocycles. The Balaban J connectivity index is 1.51. The second kappa shape index (κ2) is 7.75. The fraction of sp³-hybridized carbons (Fsp3) is 0.167. The molecular formula is C18H17ClN4O. The van der Waals surface area contributed by atoms with Crippen LogP contribution in [0.25, 0.3) is 0 Å². The minimum Gasteiger partial charge on any atom is -0.352 e. The normalized spacial score (nSPS) is 10.5. The monoisotopic (exact) mass is 340 g/mol. The quantitative estimate of drug-likeness (QED) is 0.724. The van der Waals surface area contributed by atoms with Crippen LogP contribution < -0.4 is 5.32 Å². The van der Waals surface area contributed by atoms with Crippen molar-refractivity contribution in [2.45, 2.75) is 19.4 Å². The van der Waals surface area contributed by atoms with E-state index < -0.39 is 0 Å². The first-order valence-corrected chi connectivity index (χ1v) is 8.02. The number of aromatic amines is 1. The molecule has 0 aliphatic carbocycles. The molecule has 0 saturated carbocycles. The van der Waals surface area contributed by atoms with Crippen molar-refractivity contribution in [3.05, 3.63) is 82.4 Å². The molecule has 0 fully saturated rings. The summed E-state index contributed by atoms with van der Waals surface area (Å²) in [6.45, 7) is 0.502. The van der Waals surface area contributed by atoms with Crippen molar-refractivity contribution in [1.29, 1.82) is 0 Å². The van der Waals surface area contributed by atoms with Crippen LogP contribution in [0.5, 0.6) is 0 Å². The van der Waals surface area contributed by atoms with Gasteiger partial charge in [0.1, 0.15) is 5.82 Å². The molecule has 122 valence electrons. The average Bonchev–Trinajstić information content (AvgIpc) is 3.03. The van der Waals surface area contributed by atoms with Crippen LogP contribution in [-0.4, -0.2) is 21.1 Å². The third-order valence-electron chi connectivity index (χ3n) is 3.51. The van der Waals surface area contributed by atoms with Gasteiger partial charge in [0.15, 0.2) is 5.82 Å². The Morgan fingerprint density at radius 2 is 1.79 bits per heavy atom. The number of nitrogens with zero attached hydrogens (tertiary/aromatic N) is 2. The van der Waals surface area contributed by atoms with Crippen LogP contribution in [0.3, 0.4) is 0 Å². The third-order valence-corrected chi connectivity index (χ3v) is 3.77. The first-order valence-electron chi connectivity index (χ1n) is 7.64. The van der Waals surface area contributed by atoms with Crippen molar-refractivity contribution < 1.29 is 4.79 Å². The molecule has 0 unspecified atom stereocenters. The van der Waals surface area contributed by atoms with E-state index in [1.165, 1.54) is 0 Å². The summed E-state index contributed by atoms with van der Waals surface area (Å²) in [6.07, 6.45) is 0.778. The summed E-state index contributed by atoms with van der Waals surface area (Å²) in [5.41, 5.74) is 2.14. The van der Waals surface area contributed by atoms with Gasteiger partial charge < -0.3 is 5.32 Å². The standard InChI is InChI=1S/C18H17ClN4O/c19-15-8-6-13(7-9-15)10-16-21-17(23-22-16)11-18(24)20-12-14-4-2-1-3-5-14/h1-9H,10-12H2,(H,20,24)(H,21,22,23). The lowest BCUT2D eigenvalue weighted by Crippen LogP contribution is -2.25. The molecular weight excluding hydrogens is 324 g/mol. The van der Waals surface area contributed by atoms with Gasteiger partial charge in [-0.2, -0.15) is 5.10 Å². The van der Waals surface area contributed by atoms with Gasteiger partial charge in [0, 0.05) is 18.0 Å². The van der Waals surface area contributed by atoms with Crippen molar-refractivity contribution in [3.63, 3.8) is 0 Å². The van der Waals surface area contributed by atoms with Gasteiger partial charge in [-0.05, 0) is 23.3 Å². The Hall–Kier alpha value is -2.66. The highest BCUT2D eigenvalue weighted by molar-refractivity contribution is 6.30. The molecule has 0 spiro atoms. The van der Waals surface area contributed by atoms with Crippen molar-refractivity contribution in [3.8, 4) is 0 Å². The van der Waals surface area contributed by atoms with Crippen molar-refractivity contribution in [2.75, 3.05) is 0 Å². The highest BCUT2D eigenvalue weighted by Gasteiger charge is 2.09. The summed E-state index contributed by atoms with van der Waals surface area (Å²) >= 11 is 5.87. The second-order valence-corrected chi connectivity index (χ2v) is 5.88. The maximum atomic E-state index is 12.0. The predicted molar refractivity (Wildman–Crippen MR) is 92.6 cm³/mol. The van der Waals surface area contributed by atoms with Crippen LogP contribution in [0.15, 0.2) is 54.6 Å². The molecule has 2 N–H and O–H groups in total. The maximum Gasteiger partial charge on any atom is 0.228 e. The highest BCUT2D eigenvalue weighted by atomic mass is 35.5. The van der Waals surface area contributed by atoms with Crippen molar-refractivity contribution in [1.82, 2.24) is 20.5 Å². The molecule has 6 heteroatoms. The Morgan fingerprint density at radius 3 is 2.54 bits per heavy atom. The molecule has 0 radical (unpaired) electrons. The van der Waals surface area contributed by atoms with E-state index in [4.69, 9.17) is 11.6 Å². The first-order chi connectivity index (χ1) is 11.7. The van der Waals surface area contributed by atoms with Gasteiger partial charge in [-0.25, -0.2) is 4.98 Å². The van der Waals surface area contributed by atoms with Gasteiger partial charge in [0.2, 0.25) is 5.91 Å². The SMILES string of the molecule is O=C(Cc1n[nH]c(Cc2ccc(Cl)cc2)n1)NCc1ccccc1. The number of hydrogen-bond donors (Lipinski definition) is 2. The zero-order valence-corrected chi connectivity index (χ0v) is 13.8. The lowest BCUT2D eigenvalue weighted by atomic mass is 10.1. The smallest absolute Gasteiger partial charge is 0.228 e. The molecule has 1 aromatic heterocycles. The Bertz CT molecular complexity index is 799. The maximum absolute atomic E-state index is 12.0. The van der Waals surface area contributed by atoms with E-state index in [0.717, 1.165) is 17.0 Å². The number of carbonyl (C=O) groups is 1. The summed E-state index contributed by atoms with van der Waals surface area (Å²) < 4.78 is 0. The summed E-state index contributed by atoms with van der Waals surface area (Å²) in [5, 5.41) is 10.5. The van der Waals surface area contributed by atoms with Crippen LogP contribution in [0.1, 0.15) is 22.8 Å². The first kappa shape index (κ1) is 16.2. The van der Waals surface area contributed by atoms with Gasteiger partial charge in [-0.15, -0.1) is 0 Å². The van der Waals surface area contributed by atoms with E-state index in [1.54, 1.807) is 0 Å². The number of rotatable bonds is 6. The third kappa shape index (κ3) is 4.67. The topological polar surface area (TPSA) is 70.7 Å². The zero-order chi connectivity index (χ0) is 16.8. The lowest BCUT2D eigenvalue weighted by molar-refractivity contribution is -0.120. The average molecular weight is 341 g/mol. The van der Waals surface area contributed by atoms with Crippen LogP contribution in [0.2, 0.25) is 5.02 Å². The Labute approximate surface area is 145 Å². The van der Waals surface area contributed by atoms with E-state index in [-0.39, 0.29) is 12.3 Å². The predicted octanol–water partition coefficient (Wildman–Crippen LogP) is 2.91. The van der Waals surface area contributed by atoms with Crippen LogP contribution in [0.4, 0.5) is 0 Å². The molecule has 0 atom stereocenters. The van der Waals surface area contributed by atoms with Gasteiger partial charge in [-0.1, -0.05) is 54.1 Å². The van der Waals surface area contributed by atoms with E-state index >= 15 is 0 Å². The highest BCUT2D eigenvalue weighted by Crippen LogP contribution is 2.12. The van der Waals surface area contributed by atoms with E-state index in [0.29, 0.717) is 23.8 Å². The van der Waals surface area contributed by atoms with Crippen molar-refractivity contribution in [2.24, 2.45) is 0 Å². The van der Waals surface area contributed by atoms with Crippen LogP contribution >= 0.6 is 11.6 Å². The number of hydrogen-bond acceptors (Lipinski definition) is 3. The zero-order valence-electron chi connectivity index (χ0n) is 13.0. The number of carbonyl (C=O) groups excluding carboxylic acids is 1. The minimum absolute atomic E-state index is 0.101. The molecule has 1 amide bonds. The Kier molecular flexibility index (Phi) is 5.23. The van der Waals surface area contributed by atoms with Gasteiger partial charge in [0.25, 0.3) is 0 Å². The number of aromatic nitrogens is 3. The molecule has 0 saturated heterocycles. The molecule has 3 rings (SSSR count). The summed E-state index contributed by atoms with van der Waals surface area (Å²) in [4.78, 5) is 16.3. The van der Waals surface area contributed by atoms with Gasteiger partial charge >= 0.3 is 0 Å². The molecule has 24 heavy (non-hydrogen) atoms. The lowest BCUT2D eigenvalue weighted by Gasteiger charge is -2.03. The summed E-state index contributed by atoms with van der Waals surface area (Å²) in [7, 11) is 0. The molecule has 0 bridgehead atoms. The minimum atomic E-state index is -0.101.